The maximum absolute atomic E-state index is 4.71. The molecule has 3 heteroatoms. The highest BCUT2D eigenvalue weighted by Gasteiger charge is 2.28. The lowest BCUT2D eigenvalue weighted by molar-refractivity contribution is 0.543. The lowest BCUT2D eigenvalue weighted by Crippen LogP contribution is -2.30. The molecule has 2 atom stereocenters. The van der Waals surface area contributed by atoms with E-state index >= 15 is 0 Å². The fraction of sp³-hybridized carbons (Fsp3) is 0.714. The van der Waals surface area contributed by atoms with Gasteiger partial charge in [-0.05, 0) is 26.2 Å². The molecule has 0 radical (unpaired) electrons. The molecule has 2 unspecified atom stereocenters. The molecule has 0 aromatic carbocycles. The molecule has 94 valence electrons. The molecule has 0 spiro atoms. The molecule has 0 saturated carbocycles. The first kappa shape index (κ1) is 12.3. The van der Waals surface area contributed by atoms with Crippen molar-refractivity contribution in [1.82, 2.24) is 9.97 Å². The van der Waals surface area contributed by atoms with Gasteiger partial charge in [0.2, 0.25) is 0 Å². The van der Waals surface area contributed by atoms with E-state index in [0.29, 0.717) is 12.0 Å². The van der Waals surface area contributed by atoms with Crippen LogP contribution in [0.25, 0.3) is 0 Å². The molecule has 1 aliphatic rings. The molecule has 0 amide bonds. The molecule has 1 aromatic heterocycles. The van der Waals surface area contributed by atoms with E-state index in [4.69, 9.17) is 4.98 Å². The quantitative estimate of drug-likeness (QED) is 0.785. The Morgan fingerprint density at radius 3 is 2.53 bits per heavy atom. The van der Waals surface area contributed by atoms with Crippen molar-refractivity contribution in [1.29, 1.82) is 0 Å². The molecule has 2 rings (SSSR count). The van der Waals surface area contributed by atoms with E-state index in [1.807, 2.05) is 0 Å². The number of hydrogen-bond acceptors (Lipinski definition) is 3. The number of anilines is 1. The molecule has 0 aliphatic carbocycles. The average molecular weight is 233 g/mol. The van der Waals surface area contributed by atoms with Crippen molar-refractivity contribution in [3.63, 3.8) is 0 Å². The summed E-state index contributed by atoms with van der Waals surface area (Å²) < 4.78 is 0. The lowest BCUT2D eigenvalue weighted by Gasteiger charge is -2.25. The Hall–Kier alpha value is -1.12. The van der Waals surface area contributed by atoms with Crippen LogP contribution in [-0.4, -0.2) is 22.6 Å². The van der Waals surface area contributed by atoms with Crippen LogP contribution < -0.4 is 4.90 Å². The van der Waals surface area contributed by atoms with Crippen molar-refractivity contribution in [3.05, 3.63) is 17.6 Å². The molecule has 17 heavy (non-hydrogen) atoms. The highest BCUT2D eigenvalue weighted by Crippen LogP contribution is 2.28. The van der Waals surface area contributed by atoms with Crippen molar-refractivity contribution < 1.29 is 0 Å². The molecular weight excluding hydrogens is 210 g/mol. The maximum Gasteiger partial charge on any atom is 0.133 e. The summed E-state index contributed by atoms with van der Waals surface area (Å²) in [5.74, 6) is 3.22. The van der Waals surface area contributed by atoms with Crippen LogP contribution in [0.2, 0.25) is 0 Å². The van der Waals surface area contributed by atoms with Crippen LogP contribution in [0.15, 0.2) is 6.07 Å². The first-order valence-electron chi connectivity index (χ1n) is 6.61. The Morgan fingerprint density at radius 1 is 1.29 bits per heavy atom. The van der Waals surface area contributed by atoms with Crippen LogP contribution in [0, 0.1) is 12.8 Å². The smallest absolute Gasteiger partial charge is 0.133 e. The zero-order valence-electron chi connectivity index (χ0n) is 11.6. The molecule has 1 saturated heterocycles. The van der Waals surface area contributed by atoms with Crippen LogP contribution in [0.5, 0.6) is 0 Å². The second kappa shape index (κ2) is 4.63. The van der Waals surface area contributed by atoms with Gasteiger partial charge in [-0.1, -0.05) is 20.8 Å². The summed E-state index contributed by atoms with van der Waals surface area (Å²) in [5, 5.41) is 0. The van der Waals surface area contributed by atoms with Gasteiger partial charge in [-0.2, -0.15) is 0 Å². The van der Waals surface area contributed by atoms with E-state index in [1.165, 1.54) is 6.42 Å². The van der Waals surface area contributed by atoms with E-state index in [1.54, 1.807) is 0 Å². The van der Waals surface area contributed by atoms with Crippen LogP contribution in [-0.2, 0) is 0 Å². The maximum atomic E-state index is 4.71. The van der Waals surface area contributed by atoms with Crippen LogP contribution in [0.1, 0.15) is 51.6 Å². The monoisotopic (exact) mass is 233 g/mol. The number of aromatic nitrogens is 2. The molecule has 1 aromatic rings. The van der Waals surface area contributed by atoms with Gasteiger partial charge in [0.15, 0.2) is 0 Å². The summed E-state index contributed by atoms with van der Waals surface area (Å²) in [6, 6.07) is 2.70. The van der Waals surface area contributed by atoms with Crippen molar-refractivity contribution >= 4 is 5.82 Å². The van der Waals surface area contributed by atoms with Crippen molar-refractivity contribution in [2.24, 2.45) is 5.92 Å². The van der Waals surface area contributed by atoms with Gasteiger partial charge in [0, 0.05) is 30.3 Å². The second-order valence-electron chi connectivity index (χ2n) is 5.58. The average Bonchev–Trinajstić information content (AvgIpc) is 2.59. The third kappa shape index (κ3) is 2.43. The minimum Gasteiger partial charge on any atom is -0.354 e. The van der Waals surface area contributed by atoms with Crippen molar-refractivity contribution in [2.45, 2.75) is 53.0 Å². The molecule has 0 N–H and O–H groups in total. The van der Waals surface area contributed by atoms with Gasteiger partial charge in [-0.15, -0.1) is 0 Å². The third-order valence-electron chi connectivity index (χ3n) is 3.81. The summed E-state index contributed by atoms with van der Waals surface area (Å²) in [5.41, 5.74) is 1.07. The predicted octanol–water partition coefficient (Wildman–Crippen LogP) is 3.14. The Bertz CT molecular complexity index is 400. The second-order valence-corrected chi connectivity index (χ2v) is 5.58. The van der Waals surface area contributed by atoms with E-state index in [-0.39, 0.29) is 0 Å². The SMILES string of the molecule is Cc1cc(N2CCC(C)C2C)nc(C(C)C)n1. The van der Waals surface area contributed by atoms with Crippen LogP contribution in [0.3, 0.4) is 0 Å². The number of aryl methyl sites for hydroxylation is 1. The zero-order valence-corrected chi connectivity index (χ0v) is 11.6. The summed E-state index contributed by atoms with van der Waals surface area (Å²) in [6.07, 6.45) is 1.27. The highest BCUT2D eigenvalue weighted by molar-refractivity contribution is 5.42. The zero-order chi connectivity index (χ0) is 12.6. The van der Waals surface area contributed by atoms with Gasteiger partial charge >= 0.3 is 0 Å². The van der Waals surface area contributed by atoms with Crippen molar-refractivity contribution in [3.8, 4) is 0 Å². The standard InChI is InChI=1S/C14H23N3/c1-9(2)14-15-11(4)8-13(16-14)17-7-6-10(3)12(17)5/h8-10,12H,6-7H2,1-5H3. The molecule has 1 aliphatic heterocycles. The minimum atomic E-state index is 0.393. The Balaban J connectivity index is 2.32. The Labute approximate surface area is 104 Å². The summed E-state index contributed by atoms with van der Waals surface area (Å²) in [7, 11) is 0. The first-order valence-corrected chi connectivity index (χ1v) is 6.61. The van der Waals surface area contributed by atoms with Gasteiger partial charge in [-0.25, -0.2) is 9.97 Å². The molecule has 3 nitrogen and oxygen atoms in total. The van der Waals surface area contributed by atoms with E-state index in [2.05, 4.69) is 50.6 Å². The molecule has 2 heterocycles. The Kier molecular flexibility index (Phi) is 3.36. The fourth-order valence-corrected chi connectivity index (χ4v) is 2.40. The molecule has 1 fully saturated rings. The fourth-order valence-electron chi connectivity index (χ4n) is 2.40. The summed E-state index contributed by atoms with van der Waals surface area (Å²) in [4.78, 5) is 11.6. The lowest BCUT2D eigenvalue weighted by atomic mass is 10.1. The largest absolute Gasteiger partial charge is 0.354 e. The van der Waals surface area contributed by atoms with Gasteiger partial charge < -0.3 is 4.90 Å². The number of rotatable bonds is 2. The molecular formula is C14H23N3. The van der Waals surface area contributed by atoms with E-state index < -0.39 is 0 Å². The van der Waals surface area contributed by atoms with Gasteiger partial charge in [0.05, 0.1) is 0 Å². The van der Waals surface area contributed by atoms with E-state index in [0.717, 1.165) is 29.8 Å². The summed E-state index contributed by atoms with van der Waals surface area (Å²) in [6.45, 7) is 12.1. The van der Waals surface area contributed by atoms with Gasteiger partial charge in [-0.3, -0.25) is 0 Å². The van der Waals surface area contributed by atoms with Gasteiger partial charge in [0.25, 0.3) is 0 Å². The van der Waals surface area contributed by atoms with Crippen LogP contribution in [0.4, 0.5) is 5.82 Å². The number of hydrogen-bond donors (Lipinski definition) is 0. The first-order chi connectivity index (χ1) is 7.99. The Morgan fingerprint density at radius 2 is 2.00 bits per heavy atom. The van der Waals surface area contributed by atoms with E-state index in [9.17, 15) is 0 Å². The minimum absolute atomic E-state index is 0.393. The van der Waals surface area contributed by atoms with Crippen LogP contribution >= 0.6 is 0 Å². The van der Waals surface area contributed by atoms with Crippen molar-refractivity contribution in [2.75, 3.05) is 11.4 Å². The topological polar surface area (TPSA) is 29.0 Å². The molecule has 0 bridgehead atoms. The highest BCUT2D eigenvalue weighted by atomic mass is 15.2. The predicted molar refractivity (Wildman–Crippen MR) is 71.4 cm³/mol. The van der Waals surface area contributed by atoms with Gasteiger partial charge in [0.1, 0.15) is 11.6 Å². The normalized spacial score (nSPS) is 24.7. The number of nitrogens with zero attached hydrogens (tertiary/aromatic N) is 3. The third-order valence-corrected chi connectivity index (χ3v) is 3.81. The summed E-state index contributed by atoms with van der Waals surface area (Å²) >= 11 is 0.